The van der Waals surface area contributed by atoms with E-state index < -0.39 is 30.9 Å². The molecule has 1 saturated heterocycles. The maximum absolute atomic E-state index is 11.7. The molecule has 2 N–H and O–H groups in total. The van der Waals surface area contributed by atoms with E-state index in [0.29, 0.717) is 12.3 Å². The molecule has 0 atom stereocenters. The van der Waals surface area contributed by atoms with Gasteiger partial charge in [-0.1, -0.05) is 11.8 Å². The van der Waals surface area contributed by atoms with Crippen molar-refractivity contribution < 1.29 is 29.4 Å². The molecule has 19 heavy (non-hydrogen) atoms. The second-order valence-electron chi connectivity index (χ2n) is 3.89. The van der Waals surface area contributed by atoms with Crippen LogP contribution in [0.3, 0.4) is 0 Å². The molecule has 0 unspecified atom stereocenters. The van der Waals surface area contributed by atoms with Crippen molar-refractivity contribution in [2.45, 2.75) is 6.42 Å². The lowest BCUT2D eigenvalue weighted by atomic mass is 10.3. The molecule has 1 rings (SSSR count). The summed E-state index contributed by atoms with van der Waals surface area (Å²) in [4.78, 5) is 46.4. The van der Waals surface area contributed by atoms with Crippen molar-refractivity contribution in [2.24, 2.45) is 0 Å². The first-order valence-electron chi connectivity index (χ1n) is 5.53. The van der Waals surface area contributed by atoms with Gasteiger partial charge in [-0.15, -0.1) is 0 Å². The lowest BCUT2D eigenvalue weighted by molar-refractivity contribution is -0.149. The molecule has 0 bridgehead atoms. The Morgan fingerprint density at radius 3 is 2.21 bits per heavy atom. The molecule has 8 nitrogen and oxygen atoms in total. The number of carbonyl (C=O) groups is 4. The van der Waals surface area contributed by atoms with Crippen LogP contribution in [0.2, 0.25) is 0 Å². The van der Waals surface area contributed by atoms with Crippen LogP contribution in [0, 0.1) is 0 Å². The van der Waals surface area contributed by atoms with E-state index in [0.717, 1.165) is 16.7 Å². The molecule has 0 aromatic heterocycles. The number of rotatable bonds is 7. The highest BCUT2D eigenvalue weighted by Gasteiger charge is 2.24. The van der Waals surface area contributed by atoms with Gasteiger partial charge in [-0.25, -0.2) is 0 Å². The molecule has 1 fully saturated rings. The van der Waals surface area contributed by atoms with Crippen LogP contribution >= 0.6 is 11.8 Å². The van der Waals surface area contributed by atoms with Gasteiger partial charge in [0, 0.05) is 25.3 Å². The number of carbonyl (C=O) groups excluding carboxylic acids is 2. The summed E-state index contributed by atoms with van der Waals surface area (Å²) in [5, 5.41) is 17.1. The normalized spacial score (nSPS) is 14.5. The number of carboxylic acids is 2. The summed E-state index contributed by atoms with van der Waals surface area (Å²) >= 11 is 1.16. The van der Waals surface area contributed by atoms with Gasteiger partial charge in [0.2, 0.25) is 5.91 Å². The monoisotopic (exact) mass is 290 g/mol. The van der Waals surface area contributed by atoms with Crippen molar-refractivity contribution in [3.63, 3.8) is 0 Å². The minimum Gasteiger partial charge on any atom is -0.480 e. The zero-order valence-electron chi connectivity index (χ0n) is 10.1. The van der Waals surface area contributed by atoms with Gasteiger partial charge in [0.05, 0.1) is 0 Å². The highest BCUT2D eigenvalue weighted by Crippen LogP contribution is 2.17. The highest BCUT2D eigenvalue weighted by molar-refractivity contribution is 8.13. The molecule has 9 heteroatoms. The Hall–Kier alpha value is -1.77. The minimum absolute atomic E-state index is 0.0765. The van der Waals surface area contributed by atoms with Crippen LogP contribution in [0.5, 0.6) is 0 Å². The third-order valence-electron chi connectivity index (χ3n) is 2.45. The number of carboxylic acid groups (broad SMARTS) is 2. The number of hydrogen-bond acceptors (Lipinski definition) is 5. The molecule has 106 valence electrons. The fraction of sp³-hybridized carbons (Fsp3) is 0.600. The molecular weight excluding hydrogens is 276 g/mol. The summed E-state index contributed by atoms with van der Waals surface area (Å²) in [6.45, 7) is -0.587. The van der Waals surface area contributed by atoms with Gasteiger partial charge in [-0.3, -0.25) is 19.2 Å². The summed E-state index contributed by atoms with van der Waals surface area (Å²) in [5.41, 5.74) is 0. The fourth-order valence-corrected chi connectivity index (χ4v) is 2.43. The third-order valence-corrected chi connectivity index (χ3v) is 3.34. The topological polar surface area (TPSA) is 115 Å². The molecular formula is C10H14N2O6S. The fourth-order valence-electron chi connectivity index (χ4n) is 1.58. The Bertz CT molecular complexity index is 383. The van der Waals surface area contributed by atoms with E-state index in [9.17, 15) is 19.2 Å². The largest absolute Gasteiger partial charge is 0.480 e. The number of nitrogens with zero attached hydrogens (tertiary/aromatic N) is 2. The van der Waals surface area contributed by atoms with Gasteiger partial charge in [0.1, 0.15) is 13.1 Å². The quantitative estimate of drug-likeness (QED) is 0.652. The van der Waals surface area contributed by atoms with Gasteiger partial charge < -0.3 is 20.0 Å². The standard InChI is InChI=1S/C10H14N2O6S/c13-7(1-2-11-3-4-19-10(11)18)12(5-8(14)15)6-9(16)17/h1-6H2,(H,14,15)(H,16,17). The minimum atomic E-state index is -1.28. The van der Waals surface area contributed by atoms with Crippen molar-refractivity contribution in [2.75, 3.05) is 31.9 Å². The molecule has 1 aliphatic heterocycles. The first kappa shape index (κ1) is 15.3. The molecule has 1 heterocycles. The summed E-state index contributed by atoms with van der Waals surface area (Å²) in [7, 11) is 0. The number of amides is 2. The van der Waals surface area contributed by atoms with Crippen molar-refractivity contribution in [1.29, 1.82) is 0 Å². The van der Waals surface area contributed by atoms with Gasteiger partial charge in [0.15, 0.2) is 0 Å². The lowest BCUT2D eigenvalue weighted by Gasteiger charge is -2.20. The van der Waals surface area contributed by atoms with E-state index >= 15 is 0 Å². The Labute approximate surface area is 113 Å². The van der Waals surface area contributed by atoms with Crippen LogP contribution in [0.1, 0.15) is 6.42 Å². The highest BCUT2D eigenvalue weighted by atomic mass is 32.2. The van der Waals surface area contributed by atoms with Crippen LogP contribution in [0.4, 0.5) is 4.79 Å². The summed E-state index contributed by atoms with van der Waals surface area (Å²) < 4.78 is 0. The Morgan fingerprint density at radius 2 is 1.79 bits per heavy atom. The van der Waals surface area contributed by atoms with Gasteiger partial charge >= 0.3 is 11.9 Å². The number of thioether (sulfide) groups is 1. The predicted molar refractivity (Wildman–Crippen MR) is 65.9 cm³/mol. The van der Waals surface area contributed by atoms with Crippen molar-refractivity contribution >= 4 is 34.8 Å². The average Bonchev–Trinajstić information content (AvgIpc) is 2.69. The molecule has 2 amide bonds. The smallest absolute Gasteiger partial charge is 0.323 e. The summed E-state index contributed by atoms with van der Waals surface area (Å²) in [6.07, 6.45) is -0.0765. The lowest BCUT2D eigenvalue weighted by Crippen LogP contribution is -2.41. The first-order chi connectivity index (χ1) is 8.90. The molecule has 0 spiro atoms. The van der Waals surface area contributed by atoms with E-state index in [-0.39, 0.29) is 18.2 Å². The zero-order chi connectivity index (χ0) is 14.4. The van der Waals surface area contributed by atoms with Crippen LogP contribution in [-0.2, 0) is 14.4 Å². The van der Waals surface area contributed by atoms with Crippen molar-refractivity contribution in [3.05, 3.63) is 0 Å². The SMILES string of the molecule is O=C(O)CN(CC(=O)O)C(=O)CCN1CCSC1=O. The Kier molecular flexibility index (Phi) is 5.61. The van der Waals surface area contributed by atoms with Crippen LogP contribution in [0.25, 0.3) is 0 Å². The second-order valence-corrected chi connectivity index (χ2v) is 4.93. The van der Waals surface area contributed by atoms with Crippen LogP contribution < -0.4 is 0 Å². The Morgan fingerprint density at radius 1 is 1.21 bits per heavy atom. The van der Waals surface area contributed by atoms with Gasteiger partial charge in [-0.2, -0.15) is 0 Å². The zero-order valence-corrected chi connectivity index (χ0v) is 10.9. The summed E-state index contributed by atoms with van der Waals surface area (Å²) in [5.74, 6) is -2.47. The van der Waals surface area contributed by atoms with E-state index in [1.165, 1.54) is 4.90 Å². The molecule has 0 saturated carbocycles. The molecule has 1 aliphatic rings. The third kappa shape index (κ3) is 5.16. The van der Waals surface area contributed by atoms with Crippen molar-refractivity contribution in [3.8, 4) is 0 Å². The first-order valence-corrected chi connectivity index (χ1v) is 6.51. The van der Waals surface area contributed by atoms with Gasteiger partial charge in [-0.05, 0) is 0 Å². The molecule has 0 aromatic rings. The average molecular weight is 290 g/mol. The van der Waals surface area contributed by atoms with Crippen LogP contribution in [-0.4, -0.2) is 75.0 Å². The van der Waals surface area contributed by atoms with E-state index in [1.54, 1.807) is 0 Å². The predicted octanol–water partition coefficient (Wildman–Crippen LogP) is -0.457. The second kappa shape index (κ2) is 6.98. The van der Waals surface area contributed by atoms with E-state index in [4.69, 9.17) is 10.2 Å². The number of hydrogen-bond donors (Lipinski definition) is 2. The Balaban J connectivity index is 2.48. The maximum Gasteiger partial charge on any atom is 0.323 e. The summed E-state index contributed by atoms with van der Waals surface area (Å²) in [6, 6.07) is 0. The van der Waals surface area contributed by atoms with Crippen molar-refractivity contribution in [1.82, 2.24) is 9.80 Å². The molecule has 0 aromatic carbocycles. The van der Waals surface area contributed by atoms with E-state index in [1.807, 2.05) is 0 Å². The van der Waals surface area contributed by atoms with E-state index in [2.05, 4.69) is 0 Å². The van der Waals surface area contributed by atoms with Gasteiger partial charge in [0.25, 0.3) is 5.24 Å². The maximum atomic E-state index is 11.7. The number of aliphatic carboxylic acids is 2. The molecule has 0 aliphatic carbocycles. The molecule has 0 radical (unpaired) electrons. The van der Waals surface area contributed by atoms with Crippen LogP contribution in [0.15, 0.2) is 0 Å².